The highest BCUT2D eigenvalue weighted by molar-refractivity contribution is 6.31. The molecule has 0 unspecified atom stereocenters. The van der Waals surface area contributed by atoms with E-state index in [-0.39, 0.29) is 17.0 Å². The maximum absolute atomic E-state index is 12.9. The quantitative estimate of drug-likeness (QED) is 0.746. The van der Waals surface area contributed by atoms with Gasteiger partial charge in [-0.1, -0.05) is 29.8 Å². The number of hydrogen-bond donors (Lipinski definition) is 1. The van der Waals surface area contributed by atoms with Crippen LogP contribution in [0.5, 0.6) is 0 Å². The first-order chi connectivity index (χ1) is 12.0. The van der Waals surface area contributed by atoms with E-state index in [9.17, 15) is 9.59 Å². The Morgan fingerprint density at radius 3 is 2.88 bits per heavy atom. The van der Waals surface area contributed by atoms with E-state index in [1.807, 2.05) is 29.7 Å². The second-order valence-electron chi connectivity index (χ2n) is 6.56. The van der Waals surface area contributed by atoms with E-state index in [4.69, 9.17) is 11.6 Å². The minimum absolute atomic E-state index is 0.151. The molecule has 2 aromatic carbocycles. The second-order valence-corrected chi connectivity index (χ2v) is 7.00. The average Bonchev–Trinajstić information content (AvgIpc) is 2.90. The first-order valence-corrected chi connectivity index (χ1v) is 8.58. The van der Waals surface area contributed by atoms with E-state index in [0.717, 1.165) is 23.1 Å². The number of nitrogens with zero attached hydrogens (tertiary/aromatic N) is 1. The Labute approximate surface area is 150 Å². The highest BCUT2D eigenvalue weighted by Gasteiger charge is 2.24. The Bertz CT molecular complexity index is 1080. The second kappa shape index (κ2) is 5.74. The zero-order chi connectivity index (χ0) is 17.7. The molecule has 0 saturated heterocycles. The summed E-state index contributed by atoms with van der Waals surface area (Å²) in [6.07, 6.45) is 2.55. The number of carbonyl (C=O) groups excluding carboxylic acids is 1. The SMILES string of the molecule is Cc1ccc(Cl)cc1NC(=O)c1cn2c3c(cccc3c1=O)C[C@@H]2C. The van der Waals surface area contributed by atoms with Gasteiger partial charge in [0.2, 0.25) is 5.43 Å². The van der Waals surface area contributed by atoms with Crippen LogP contribution in [0.15, 0.2) is 47.4 Å². The van der Waals surface area contributed by atoms with Gasteiger partial charge in [0.05, 0.1) is 5.52 Å². The van der Waals surface area contributed by atoms with Crippen LogP contribution in [0.1, 0.15) is 34.5 Å². The molecule has 0 radical (unpaired) electrons. The summed E-state index contributed by atoms with van der Waals surface area (Å²) >= 11 is 6.01. The number of hydrogen-bond acceptors (Lipinski definition) is 2. The molecule has 25 heavy (non-hydrogen) atoms. The molecule has 5 heteroatoms. The Balaban J connectivity index is 1.83. The van der Waals surface area contributed by atoms with Gasteiger partial charge in [0.15, 0.2) is 0 Å². The van der Waals surface area contributed by atoms with E-state index in [1.54, 1.807) is 24.4 Å². The largest absolute Gasteiger partial charge is 0.343 e. The molecule has 1 aliphatic heterocycles. The summed E-state index contributed by atoms with van der Waals surface area (Å²) < 4.78 is 2.03. The Morgan fingerprint density at radius 1 is 1.28 bits per heavy atom. The maximum atomic E-state index is 12.9. The standard InChI is InChI=1S/C20H17ClN2O2/c1-11-6-7-14(21)9-17(11)22-20(25)16-10-23-12(2)8-13-4-3-5-15(18(13)23)19(16)24/h3-7,9-10,12H,8H2,1-2H3,(H,22,25)/t12-/m0/s1. The summed E-state index contributed by atoms with van der Waals surface area (Å²) in [6, 6.07) is 11.2. The van der Waals surface area contributed by atoms with E-state index >= 15 is 0 Å². The highest BCUT2D eigenvalue weighted by Crippen LogP contribution is 2.31. The van der Waals surface area contributed by atoms with Crippen molar-refractivity contribution in [2.75, 3.05) is 5.32 Å². The summed E-state index contributed by atoms with van der Waals surface area (Å²) in [5.74, 6) is -0.412. The number of aryl methyl sites for hydroxylation is 1. The third-order valence-electron chi connectivity index (χ3n) is 4.82. The van der Waals surface area contributed by atoms with Crippen LogP contribution >= 0.6 is 11.6 Å². The van der Waals surface area contributed by atoms with Crippen LogP contribution in [-0.2, 0) is 6.42 Å². The molecule has 4 rings (SSSR count). The van der Waals surface area contributed by atoms with Crippen LogP contribution in [-0.4, -0.2) is 10.5 Å². The fourth-order valence-electron chi connectivity index (χ4n) is 3.50. The van der Waals surface area contributed by atoms with Crippen molar-refractivity contribution in [1.82, 2.24) is 4.57 Å². The third kappa shape index (κ3) is 2.53. The van der Waals surface area contributed by atoms with Crippen molar-refractivity contribution < 1.29 is 4.79 Å². The number of aromatic nitrogens is 1. The molecule has 0 spiro atoms. The molecular weight excluding hydrogens is 336 g/mol. The number of rotatable bonds is 2. The number of para-hydroxylation sites is 1. The van der Waals surface area contributed by atoms with E-state index in [2.05, 4.69) is 12.2 Å². The van der Waals surface area contributed by atoms with Gasteiger partial charge in [-0.3, -0.25) is 9.59 Å². The number of pyridine rings is 1. The van der Waals surface area contributed by atoms with Crippen LogP contribution in [0, 0.1) is 6.92 Å². The molecular formula is C20H17ClN2O2. The van der Waals surface area contributed by atoms with Gasteiger partial charge in [0.1, 0.15) is 5.56 Å². The number of amides is 1. The molecule has 1 N–H and O–H groups in total. The minimum atomic E-state index is -0.412. The van der Waals surface area contributed by atoms with Gasteiger partial charge in [0.25, 0.3) is 5.91 Å². The van der Waals surface area contributed by atoms with E-state index in [0.29, 0.717) is 16.1 Å². The Morgan fingerprint density at radius 2 is 2.08 bits per heavy atom. The molecule has 1 atom stereocenters. The fraction of sp³-hybridized carbons (Fsp3) is 0.200. The van der Waals surface area contributed by atoms with Crippen LogP contribution in [0.25, 0.3) is 10.9 Å². The van der Waals surface area contributed by atoms with Gasteiger partial charge in [0, 0.05) is 28.3 Å². The van der Waals surface area contributed by atoms with Crippen LogP contribution in [0.4, 0.5) is 5.69 Å². The van der Waals surface area contributed by atoms with Crippen molar-refractivity contribution in [3.63, 3.8) is 0 Å². The first kappa shape index (κ1) is 15.9. The molecule has 1 aromatic heterocycles. The van der Waals surface area contributed by atoms with Gasteiger partial charge in [-0.15, -0.1) is 0 Å². The molecule has 126 valence electrons. The predicted molar refractivity (Wildman–Crippen MR) is 101 cm³/mol. The van der Waals surface area contributed by atoms with Crippen LogP contribution in [0.2, 0.25) is 5.02 Å². The Hall–Kier alpha value is -2.59. The molecule has 0 saturated carbocycles. The molecule has 4 nitrogen and oxygen atoms in total. The number of halogens is 1. The molecule has 3 aromatic rings. The monoisotopic (exact) mass is 352 g/mol. The lowest BCUT2D eigenvalue weighted by atomic mass is 10.1. The number of nitrogens with one attached hydrogen (secondary N) is 1. The smallest absolute Gasteiger partial charge is 0.261 e. The van der Waals surface area contributed by atoms with Crippen molar-refractivity contribution in [3.8, 4) is 0 Å². The number of anilines is 1. The van der Waals surface area contributed by atoms with Crippen LogP contribution in [0.3, 0.4) is 0 Å². The van der Waals surface area contributed by atoms with Gasteiger partial charge < -0.3 is 9.88 Å². The number of carbonyl (C=O) groups is 1. The van der Waals surface area contributed by atoms with E-state index in [1.165, 1.54) is 0 Å². The van der Waals surface area contributed by atoms with Crippen molar-refractivity contribution in [2.24, 2.45) is 0 Å². The minimum Gasteiger partial charge on any atom is -0.343 e. The van der Waals surface area contributed by atoms with Gasteiger partial charge in [-0.05, 0) is 49.6 Å². The fourth-order valence-corrected chi connectivity index (χ4v) is 3.67. The summed E-state index contributed by atoms with van der Waals surface area (Å²) in [7, 11) is 0. The summed E-state index contributed by atoms with van der Waals surface area (Å²) in [6.45, 7) is 3.97. The van der Waals surface area contributed by atoms with E-state index < -0.39 is 5.91 Å². The van der Waals surface area contributed by atoms with Crippen molar-refractivity contribution >= 4 is 34.1 Å². The van der Waals surface area contributed by atoms with Gasteiger partial charge in [-0.2, -0.15) is 0 Å². The average molecular weight is 353 g/mol. The molecule has 0 fully saturated rings. The maximum Gasteiger partial charge on any atom is 0.261 e. The summed E-state index contributed by atoms with van der Waals surface area (Å²) in [4.78, 5) is 25.6. The lowest BCUT2D eigenvalue weighted by Crippen LogP contribution is -2.24. The highest BCUT2D eigenvalue weighted by atomic mass is 35.5. The Kier molecular flexibility index (Phi) is 3.65. The van der Waals surface area contributed by atoms with Crippen molar-refractivity contribution in [1.29, 1.82) is 0 Å². The third-order valence-corrected chi connectivity index (χ3v) is 5.05. The van der Waals surface area contributed by atoms with Gasteiger partial charge in [-0.25, -0.2) is 0 Å². The molecule has 2 heterocycles. The molecule has 1 amide bonds. The van der Waals surface area contributed by atoms with Crippen molar-refractivity contribution in [2.45, 2.75) is 26.3 Å². The van der Waals surface area contributed by atoms with Crippen molar-refractivity contribution in [3.05, 3.63) is 74.5 Å². The zero-order valence-electron chi connectivity index (χ0n) is 14.0. The van der Waals surface area contributed by atoms with Gasteiger partial charge >= 0.3 is 0 Å². The normalized spacial score (nSPS) is 15.6. The zero-order valence-corrected chi connectivity index (χ0v) is 14.7. The lowest BCUT2D eigenvalue weighted by molar-refractivity contribution is 0.102. The molecule has 0 bridgehead atoms. The summed E-state index contributed by atoms with van der Waals surface area (Å²) in [5, 5.41) is 3.95. The predicted octanol–water partition coefficient (Wildman–Crippen LogP) is 4.33. The van der Waals surface area contributed by atoms with Crippen LogP contribution < -0.4 is 10.7 Å². The number of benzene rings is 2. The first-order valence-electron chi connectivity index (χ1n) is 8.20. The molecule has 0 aliphatic carbocycles. The summed E-state index contributed by atoms with van der Waals surface area (Å²) in [5.41, 5.74) is 3.51. The topological polar surface area (TPSA) is 51.1 Å². The lowest BCUT2D eigenvalue weighted by Gasteiger charge is -2.13. The molecule has 1 aliphatic rings.